The van der Waals surface area contributed by atoms with Crippen LogP contribution in [0.25, 0.3) is 10.9 Å². The van der Waals surface area contributed by atoms with E-state index >= 15 is 0 Å². The number of hydrogen-bond donors (Lipinski definition) is 2. The van der Waals surface area contributed by atoms with E-state index < -0.39 is 5.97 Å². The van der Waals surface area contributed by atoms with Crippen LogP contribution < -0.4 is 15.8 Å². The number of hydrogen-bond acceptors (Lipinski definition) is 6. The van der Waals surface area contributed by atoms with Crippen molar-refractivity contribution in [2.45, 2.75) is 65.5 Å². The Hall–Kier alpha value is -2.83. The summed E-state index contributed by atoms with van der Waals surface area (Å²) in [5, 5.41) is 3.72. The van der Waals surface area contributed by atoms with Crippen molar-refractivity contribution in [2.75, 3.05) is 12.3 Å². The molecule has 2 aromatic rings. The Morgan fingerprint density at radius 2 is 2.00 bits per heavy atom. The fourth-order valence-corrected chi connectivity index (χ4v) is 3.91. The fraction of sp³-hybridized carbons (Fsp3) is 0.522. The lowest BCUT2D eigenvalue weighted by Crippen LogP contribution is -2.48. The Kier molecular flexibility index (Phi) is 6.80. The number of benzene rings is 1. The number of nitrogens with two attached hydrogens (primary N) is 1. The lowest BCUT2D eigenvalue weighted by atomic mass is 9.91. The molecule has 7 nitrogen and oxygen atoms in total. The van der Waals surface area contributed by atoms with Crippen LogP contribution in [0.5, 0.6) is 5.75 Å². The standard InChI is InChI=1S/C23H31N3O4/c1-5-29-23(28)19-14(4)25-16-10-8-12-18(20(16)21(19)24)30-17-11-7-6-9-15(17)26-22(27)13(2)3/h8,10,12-13,15,17H,5-7,9,11H2,1-4H3,(H2,24,25)(H,26,27). The number of nitrogens with one attached hydrogen (secondary N) is 1. The molecule has 0 radical (unpaired) electrons. The Labute approximate surface area is 177 Å². The fourth-order valence-electron chi connectivity index (χ4n) is 3.91. The van der Waals surface area contributed by atoms with Gasteiger partial charge in [0.2, 0.25) is 5.91 Å². The van der Waals surface area contributed by atoms with Gasteiger partial charge in [0, 0.05) is 5.92 Å². The minimum absolute atomic E-state index is 0.0230. The van der Waals surface area contributed by atoms with E-state index in [9.17, 15) is 9.59 Å². The molecule has 1 aromatic heterocycles. The highest BCUT2D eigenvalue weighted by molar-refractivity contribution is 6.07. The molecule has 7 heteroatoms. The molecule has 1 aromatic carbocycles. The van der Waals surface area contributed by atoms with Crippen molar-refractivity contribution in [1.29, 1.82) is 0 Å². The molecule has 0 bridgehead atoms. The Bertz CT molecular complexity index is 942. The van der Waals surface area contributed by atoms with Gasteiger partial charge in [0.1, 0.15) is 17.4 Å². The van der Waals surface area contributed by atoms with Gasteiger partial charge < -0.3 is 20.5 Å². The van der Waals surface area contributed by atoms with Gasteiger partial charge in [0.15, 0.2) is 0 Å². The number of ether oxygens (including phenoxy) is 2. The quantitative estimate of drug-likeness (QED) is 0.699. The molecule has 1 fully saturated rings. The Balaban J connectivity index is 1.98. The molecule has 0 aliphatic heterocycles. The first-order valence-electron chi connectivity index (χ1n) is 10.7. The average Bonchev–Trinajstić information content (AvgIpc) is 2.69. The maximum absolute atomic E-state index is 12.4. The summed E-state index contributed by atoms with van der Waals surface area (Å²) in [6.45, 7) is 7.51. The van der Waals surface area contributed by atoms with E-state index in [-0.39, 0.29) is 36.1 Å². The monoisotopic (exact) mass is 413 g/mol. The van der Waals surface area contributed by atoms with Gasteiger partial charge in [-0.3, -0.25) is 9.78 Å². The highest BCUT2D eigenvalue weighted by Crippen LogP contribution is 2.35. The van der Waals surface area contributed by atoms with Crippen molar-refractivity contribution in [3.05, 3.63) is 29.5 Å². The van der Waals surface area contributed by atoms with Crippen LogP contribution in [0.3, 0.4) is 0 Å². The van der Waals surface area contributed by atoms with Crippen molar-refractivity contribution in [3.8, 4) is 5.75 Å². The average molecular weight is 414 g/mol. The van der Waals surface area contributed by atoms with E-state index in [1.54, 1.807) is 13.8 Å². The highest BCUT2D eigenvalue weighted by Gasteiger charge is 2.30. The van der Waals surface area contributed by atoms with Crippen LogP contribution >= 0.6 is 0 Å². The third kappa shape index (κ3) is 4.50. The molecular formula is C23H31N3O4. The Morgan fingerprint density at radius 1 is 1.27 bits per heavy atom. The molecule has 2 unspecified atom stereocenters. The third-order valence-corrected chi connectivity index (χ3v) is 5.51. The Morgan fingerprint density at radius 3 is 2.70 bits per heavy atom. The predicted octanol–water partition coefficient (Wildman–Crippen LogP) is 3.76. The summed E-state index contributed by atoms with van der Waals surface area (Å²) in [7, 11) is 0. The van der Waals surface area contributed by atoms with Crippen LogP contribution in [0.15, 0.2) is 18.2 Å². The van der Waals surface area contributed by atoms with E-state index in [4.69, 9.17) is 15.2 Å². The number of aromatic nitrogens is 1. The van der Waals surface area contributed by atoms with Gasteiger partial charge in [-0.2, -0.15) is 0 Å². The van der Waals surface area contributed by atoms with Gasteiger partial charge in [-0.1, -0.05) is 26.3 Å². The van der Waals surface area contributed by atoms with Crippen molar-refractivity contribution in [2.24, 2.45) is 5.92 Å². The lowest BCUT2D eigenvalue weighted by molar-refractivity contribution is -0.125. The van der Waals surface area contributed by atoms with Gasteiger partial charge in [-0.15, -0.1) is 0 Å². The van der Waals surface area contributed by atoms with Crippen LogP contribution in [0.2, 0.25) is 0 Å². The number of fused-ring (bicyclic) bond motifs is 1. The van der Waals surface area contributed by atoms with Gasteiger partial charge in [-0.25, -0.2) is 4.79 Å². The number of rotatable bonds is 6. The van der Waals surface area contributed by atoms with Gasteiger partial charge in [0.25, 0.3) is 0 Å². The summed E-state index contributed by atoms with van der Waals surface area (Å²) in [4.78, 5) is 29.2. The molecule has 1 aliphatic rings. The normalized spacial score (nSPS) is 19.0. The minimum atomic E-state index is -0.489. The number of esters is 1. The molecule has 30 heavy (non-hydrogen) atoms. The predicted molar refractivity (Wildman–Crippen MR) is 117 cm³/mol. The second-order valence-electron chi connectivity index (χ2n) is 8.07. The summed E-state index contributed by atoms with van der Waals surface area (Å²) in [6, 6.07) is 5.48. The van der Waals surface area contributed by atoms with Crippen molar-refractivity contribution in [1.82, 2.24) is 10.3 Å². The number of aryl methyl sites for hydroxylation is 1. The molecule has 0 saturated heterocycles. The molecular weight excluding hydrogens is 382 g/mol. The summed E-state index contributed by atoms with van der Waals surface area (Å²) >= 11 is 0. The number of anilines is 1. The SMILES string of the molecule is CCOC(=O)c1c(C)nc2cccc(OC3CCCCC3NC(=O)C(C)C)c2c1N. The maximum atomic E-state index is 12.4. The number of carbonyl (C=O) groups excluding carboxylic acids is 2. The third-order valence-electron chi connectivity index (χ3n) is 5.51. The molecule has 162 valence electrons. The van der Waals surface area contributed by atoms with E-state index in [1.165, 1.54) is 0 Å². The zero-order valence-electron chi connectivity index (χ0n) is 18.2. The number of amides is 1. The first kappa shape index (κ1) is 21.9. The lowest BCUT2D eigenvalue weighted by Gasteiger charge is -2.33. The smallest absolute Gasteiger partial charge is 0.342 e. The van der Waals surface area contributed by atoms with Crippen LogP contribution in [0, 0.1) is 12.8 Å². The van der Waals surface area contributed by atoms with Gasteiger partial charge >= 0.3 is 5.97 Å². The van der Waals surface area contributed by atoms with Crippen molar-refractivity contribution in [3.63, 3.8) is 0 Å². The molecule has 1 heterocycles. The summed E-state index contributed by atoms with van der Waals surface area (Å²) < 4.78 is 11.6. The molecule has 1 aliphatic carbocycles. The number of nitrogen functional groups attached to an aromatic ring is 1. The molecule has 1 amide bonds. The summed E-state index contributed by atoms with van der Waals surface area (Å²) in [5.74, 6) is 0.0186. The molecule has 3 rings (SSSR count). The second kappa shape index (κ2) is 9.32. The number of carbonyl (C=O) groups is 2. The van der Waals surface area contributed by atoms with Gasteiger partial charge in [0.05, 0.1) is 34.9 Å². The molecule has 2 atom stereocenters. The van der Waals surface area contributed by atoms with E-state index in [0.29, 0.717) is 28.0 Å². The topological polar surface area (TPSA) is 104 Å². The van der Waals surface area contributed by atoms with Crippen LogP contribution in [-0.4, -0.2) is 35.6 Å². The van der Waals surface area contributed by atoms with Crippen LogP contribution in [0.4, 0.5) is 5.69 Å². The van der Waals surface area contributed by atoms with Crippen LogP contribution in [-0.2, 0) is 9.53 Å². The zero-order chi connectivity index (χ0) is 21.8. The molecule has 1 saturated carbocycles. The second-order valence-corrected chi connectivity index (χ2v) is 8.07. The van der Waals surface area contributed by atoms with Gasteiger partial charge in [-0.05, 0) is 45.2 Å². The number of pyridine rings is 1. The highest BCUT2D eigenvalue weighted by atomic mass is 16.5. The zero-order valence-corrected chi connectivity index (χ0v) is 18.2. The first-order valence-corrected chi connectivity index (χ1v) is 10.7. The molecule has 0 spiro atoms. The van der Waals surface area contributed by atoms with Crippen molar-refractivity contribution < 1.29 is 19.1 Å². The van der Waals surface area contributed by atoms with E-state index in [1.807, 2.05) is 32.0 Å². The summed E-state index contributed by atoms with van der Waals surface area (Å²) in [6.07, 6.45) is 3.62. The number of nitrogens with zero attached hydrogens (tertiary/aromatic N) is 1. The summed E-state index contributed by atoms with van der Waals surface area (Å²) in [5.41, 5.74) is 8.19. The van der Waals surface area contributed by atoms with Crippen molar-refractivity contribution >= 4 is 28.5 Å². The molecule has 3 N–H and O–H groups in total. The van der Waals surface area contributed by atoms with E-state index in [0.717, 1.165) is 25.7 Å². The van der Waals surface area contributed by atoms with Crippen LogP contribution in [0.1, 0.15) is 62.5 Å². The maximum Gasteiger partial charge on any atom is 0.342 e. The first-order chi connectivity index (χ1) is 14.3. The largest absolute Gasteiger partial charge is 0.488 e. The van der Waals surface area contributed by atoms with E-state index in [2.05, 4.69) is 10.3 Å². The minimum Gasteiger partial charge on any atom is -0.488 e.